The SMILES string of the molecule is CCC1CCc2sc(C(=O)OCC(=O)NCC(=O)Nc3cccc(C)c3C)cc2C1. The molecule has 7 heteroatoms. The molecule has 1 aliphatic rings. The molecule has 1 aromatic heterocycles. The first-order valence-electron chi connectivity index (χ1n) is 10.3. The van der Waals surface area contributed by atoms with Crippen molar-refractivity contribution in [2.75, 3.05) is 18.5 Å². The highest BCUT2D eigenvalue weighted by molar-refractivity contribution is 7.14. The highest BCUT2D eigenvalue weighted by atomic mass is 32.1. The fourth-order valence-corrected chi connectivity index (χ4v) is 4.66. The van der Waals surface area contributed by atoms with Crippen LogP contribution in [0.2, 0.25) is 0 Å². The van der Waals surface area contributed by atoms with Crippen molar-refractivity contribution < 1.29 is 19.1 Å². The maximum absolute atomic E-state index is 12.3. The van der Waals surface area contributed by atoms with Crippen molar-refractivity contribution in [3.63, 3.8) is 0 Å². The van der Waals surface area contributed by atoms with Crippen LogP contribution in [0.4, 0.5) is 5.69 Å². The quantitative estimate of drug-likeness (QED) is 0.657. The second-order valence-electron chi connectivity index (χ2n) is 7.72. The van der Waals surface area contributed by atoms with E-state index in [1.807, 2.05) is 38.1 Å². The molecule has 2 N–H and O–H groups in total. The van der Waals surface area contributed by atoms with Crippen molar-refractivity contribution >= 4 is 34.8 Å². The Kier molecular flexibility index (Phi) is 7.26. The molecule has 0 bridgehead atoms. The van der Waals surface area contributed by atoms with Gasteiger partial charge in [0, 0.05) is 10.6 Å². The van der Waals surface area contributed by atoms with Gasteiger partial charge in [-0.1, -0.05) is 25.5 Å². The second-order valence-corrected chi connectivity index (χ2v) is 8.86. The summed E-state index contributed by atoms with van der Waals surface area (Å²) in [6.45, 7) is 5.49. The van der Waals surface area contributed by atoms with Crippen molar-refractivity contribution in [2.45, 2.75) is 46.5 Å². The standard InChI is InChI=1S/C23H28N2O4S/c1-4-16-8-9-19-17(10-16)11-20(30-19)23(28)29-13-22(27)24-12-21(26)25-18-7-5-6-14(2)15(18)3/h5-7,11,16H,4,8-10,12-13H2,1-3H3,(H,24,27)(H,25,26). The second kappa shape index (κ2) is 9.89. The maximum atomic E-state index is 12.3. The zero-order chi connectivity index (χ0) is 21.7. The Morgan fingerprint density at radius 2 is 2.00 bits per heavy atom. The first-order valence-corrected chi connectivity index (χ1v) is 11.1. The lowest BCUT2D eigenvalue weighted by Crippen LogP contribution is -2.35. The summed E-state index contributed by atoms with van der Waals surface area (Å²) in [5, 5.41) is 5.25. The van der Waals surface area contributed by atoms with Crippen LogP contribution in [0.5, 0.6) is 0 Å². The molecule has 0 fully saturated rings. The van der Waals surface area contributed by atoms with Crippen molar-refractivity contribution in [2.24, 2.45) is 5.92 Å². The maximum Gasteiger partial charge on any atom is 0.348 e. The van der Waals surface area contributed by atoms with Gasteiger partial charge in [-0.15, -0.1) is 11.3 Å². The van der Waals surface area contributed by atoms with Gasteiger partial charge in [-0.05, 0) is 67.9 Å². The summed E-state index contributed by atoms with van der Waals surface area (Å²) < 4.78 is 5.13. The van der Waals surface area contributed by atoms with Gasteiger partial charge in [-0.25, -0.2) is 4.79 Å². The average Bonchev–Trinajstić information content (AvgIpc) is 3.17. The van der Waals surface area contributed by atoms with Gasteiger partial charge < -0.3 is 15.4 Å². The summed E-state index contributed by atoms with van der Waals surface area (Å²) >= 11 is 1.46. The molecule has 0 saturated heterocycles. The van der Waals surface area contributed by atoms with Crippen molar-refractivity contribution in [1.82, 2.24) is 5.32 Å². The number of fused-ring (bicyclic) bond motifs is 1. The third-order valence-corrected chi connectivity index (χ3v) is 6.84. The minimum Gasteiger partial charge on any atom is -0.451 e. The number of esters is 1. The fraction of sp³-hybridized carbons (Fsp3) is 0.435. The van der Waals surface area contributed by atoms with Gasteiger partial charge in [-0.2, -0.15) is 0 Å². The summed E-state index contributed by atoms with van der Waals surface area (Å²) in [5.74, 6) is -0.652. The number of rotatable bonds is 7. The first kappa shape index (κ1) is 22.0. The van der Waals surface area contributed by atoms with Crippen LogP contribution in [0.15, 0.2) is 24.3 Å². The largest absolute Gasteiger partial charge is 0.451 e. The van der Waals surface area contributed by atoms with Crippen LogP contribution in [0.25, 0.3) is 0 Å². The predicted molar refractivity (Wildman–Crippen MR) is 118 cm³/mol. The molecule has 2 amide bonds. The third kappa shape index (κ3) is 5.48. The Hall–Kier alpha value is -2.67. The van der Waals surface area contributed by atoms with Crippen molar-refractivity contribution in [3.8, 4) is 0 Å². The van der Waals surface area contributed by atoms with Crippen molar-refractivity contribution in [1.29, 1.82) is 0 Å². The van der Waals surface area contributed by atoms with E-state index in [0.717, 1.165) is 36.8 Å². The molecule has 160 valence electrons. The fourth-order valence-electron chi connectivity index (χ4n) is 3.56. The Morgan fingerprint density at radius 3 is 2.77 bits per heavy atom. The van der Waals surface area contributed by atoms with Crippen LogP contribution in [0.1, 0.15) is 51.0 Å². The molecular formula is C23H28N2O4S. The molecule has 0 saturated carbocycles. The van der Waals surface area contributed by atoms with E-state index < -0.39 is 18.5 Å². The number of carbonyl (C=O) groups is 3. The predicted octanol–water partition coefficient (Wildman–Crippen LogP) is 3.79. The van der Waals surface area contributed by atoms with E-state index in [2.05, 4.69) is 17.6 Å². The van der Waals surface area contributed by atoms with Crippen LogP contribution in [-0.4, -0.2) is 30.9 Å². The number of nitrogens with one attached hydrogen (secondary N) is 2. The number of amides is 2. The Bertz CT molecular complexity index is 951. The zero-order valence-electron chi connectivity index (χ0n) is 17.7. The molecule has 0 aliphatic heterocycles. The molecule has 1 heterocycles. The molecule has 1 unspecified atom stereocenters. The van der Waals surface area contributed by atoms with Gasteiger partial charge in [-0.3, -0.25) is 9.59 Å². The minimum absolute atomic E-state index is 0.185. The van der Waals surface area contributed by atoms with Gasteiger partial charge in [0.25, 0.3) is 5.91 Å². The average molecular weight is 429 g/mol. The van der Waals surface area contributed by atoms with Crippen LogP contribution in [0.3, 0.4) is 0 Å². The molecule has 0 spiro atoms. The van der Waals surface area contributed by atoms with Crippen LogP contribution < -0.4 is 10.6 Å². The lowest BCUT2D eigenvalue weighted by Gasteiger charge is -2.19. The van der Waals surface area contributed by atoms with Gasteiger partial charge in [0.1, 0.15) is 4.88 Å². The van der Waals surface area contributed by atoms with E-state index >= 15 is 0 Å². The van der Waals surface area contributed by atoms with Crippen molar-refractivity contribution in [3.05, 3.63) is 50.7 Å². The number of benzene rings is 1. The summed E-state index contributed by atoms with van der Waals surface area (Å²) in [4.78, 5) is 38.1. The Morgan fingerprint density at radius 1 is 1.20 bits per heavy atom. The van der Waals surface area contributed by atoms with Crippen LogP contribution in [0, 0.1) is 19.8 Å². The summed E-state index contributed by atoms with van der Waals surface area (Å²) in [5.41, 5.74) is 4.00. The molecule has 6 nitrogen and oxygen atoms in total. The first-order chi connectivity index (χ1) is 14.4. The van der Waals surface area contributed by atoms with Crippen LogP contribution in [-0.2, 0) is 27.2 Å². The number of hydrogen-bond donors (Lipinski definition) is 2. The molecule has 30 heavy (non-hydrogen) atoms. The monoisotopic (exact) mass is 428 g/mol. The molecule has 1 aromatic carbocycles. The summed E-state index contributed by atoms with van der Waals surface area (Å²) in [6.07, 6.45) is 4.31. The Balaban J connectivity index is 1.43. The lowest BCUT2D eigenvalue weighted by atomic mass is 9.87. The molecule has 1 atom stereocenters. The summed E-state index contributed by atoms with van der Waals surface area (Å²) in [6, 6.07) is 7.54. The third-order valence-electron chi connectivity index (χ3n) is 5.62. The normalized spacial score (nSPS) is 15.2. The molecule has 3 rings (SSSR count). The van der Waals surface area contributed by atoms with E-state index in [1.165, 1.54) is 21.8 Å². The molecule has 0 radical (unpaired) electrons. The van der Waals surface area contributed by atoms with E-state index in [0.29, 0.717) is 16.5 Å². The van der Waals surface area contributed by atoms with E-state index in [4.69, 9.17) is 4.74 Å². The van der Waals surface area contributed by atoms with Gasteiger partial charge in [0.15, 0.2) is 6.61 Å². The zero-order valence-corrected chi connectivity index (χ0v) is 18.5. The molecule has 2 aromatic rings. The van der Waals surface area contributed by atoms with E-state index in [9.17, 15) is 14.4 Å². The molecular weight excluding hydrogens is 400 g/mol. The smallest absolute Gasteiger partial charge is 0.348 e. The number of anilines is 1. The lowest BCUT2D eigenvalue weighted by molar-refractivity contribution is -0.126. The number of aryl methyl sites for hydroxylation is 2. The number of thiophene rings is 1. The highest BCUT2D eigenvalue weighted by Gasteiger charge is 2.23. The van der Waals surface area contributed by atoms with Gasteiger partial charge in [0.05, 0.1) is 6.54 Å². The topological polar surface area (TPSA) is 84.5 Å². The number of ether oxygens (including phenoxy) is 1. The summed E-state index contributed by atoms with van der Waals surface area (Å²) in [7, 11) is 0. The van der Waals surface area contributed by atoms with Gasteiger partial charge >= 0.3 is 5.97 Å². The number of carbonyl (C=O) groups excluding carboxylic acids is 3. The van der Waals surface area contributed by atoms with Crippen LogP contribution >= 0.6 is 11.3 Å². The number of hydrogen-bond acceptors (Lipinski definition) is 5. The van der Waals surface area contributed by atoms with Gasteiger partial charge in [0.2, 0.25) is 5.91 Å². The van der Waals surface area contributed by atoms with E-state index in [1.54, 1.807) is 0 Å². The Labute approximate surface area is 181 Å². The minimum atomic E-state index is -0.508. The molecule has 1 aliphatic carbocycles. The van der Waals surface area contributed by atoms with E-state index in [-0.39, 0.29) is 12.5 Å². The highest BCUT2D eigenvalue weighted by Crippen LogP contribution is 2.33.